The molecule has 2 aromatic carbocycles. The van der Waals surface area contributed by atoms with Crippen LogP contribution in [0.1, 0.15) is 37.9 Å². The summed E-state index contributed by atoms with van der Waals surface area (Å²) in [7, 11) is 0. The molecule has 2 heterocycles. The average molecular weight is 381 g/mol. The Kier molecular flexibility index (Phi) is 5.44. The number of nitrogens with zero attached hydrogens (tertiary/aromatic N) is 1. The largest absolute Gasteiger partial charge is 0.388 e. The van der Waals surface area contributed by atoms with Gasteiger partial charge in [0.05, 0.1) is 17.3 Å². The molecule has 0 aliphatic carbocycles. The van der Waals surface area contributed by atoms with Gasteiger partial charge in [-0.05, 0) is 55.5 Å². The van der Waals surface area contributed by atoms with Crippen molar-refractivity contribution in [2.75, 3.05) is 6.54 Å². The van der Waals surface area contributed by atoms with Crippen molar-refractivity contribution in [3.05, 3.63) is 65.2 Å². The van der Waals surface area contributed by atoms with Crippen molar-refractivity contribution in [1.29, 1.82) is 0 Å². The number of aromatic nitrogens is 1. The summed E-state index contributed by atoms with van der Waals surface area (Å²) in [6, 6.07) is 18.2. The van der Waals surface area contributed by atoms with Gasteiger partial charge in [0.1, 0.15) is 0 Å². The Labute approximate surface area is 165 Å². The number of rotatable bonds is 4. The zero-order valence-corrected chi connectivity index (χ0v) is 16.3. The molecule has 0 amide bonds. The number of aliphatic hydroxyl groups is 1. The lowest BCUT2D eigenvalue weighted by Crippen LogP contribution is -2.41. The topological polar surface area (TPSA) is 45.1 Å². The lowest BCUT2D eigenvalue weighted by Gasteiger charge is -2.32. The number of nitrogens with one attached hydrogen (secondary N) is 1. The van der Waals surface area contributed by atoms with Gasteiger partial charge in [-0.3, -0.25) is 0 Å². The second kappa shape index (κ2) is 7.97. The average Bonchev–Trinajstić information content (AvgIpc) is 2.69. The molecule has 4 rings (SSSR count). The fraction of sp³-hybridized carbons (Fsp3) is 0.348. The van der Waals surface area contributed by atoms with E-state index >= 15 is 0 Å². The number of fused-ring (bicyclic) bond motifs is 1. The molecule has 3 aromatic rings. The normalized spacial score (nSPS) is 21.3. The lowest BCUT2D eigenvalue weighted by molar-refractivity contribution is 0.131. The van der Waals surface area contributed by atoms with Crippen molar-refractivity contribution in [2.45, 2.75) is 38.3 Å². The van der Waals surface area contributed by atoms with E-state index in [1.807, 2.05) is 54.6 Å². The minimum atomic E-state index is -0.544. The summed E-state index contributed by atoms with van der Waals surface area (Å²) < 4.78 is 0. The number of aliphatic hydroxyl groups excluding tert-OH is 1. The molecule has 0 saturated carbocycles. The molecule has 27 heavy (non-hydrogen) atoms. The first-order chi connectivity index (χ1) is 13.1. The minimum absolute atomic E-state index is 0.337. The van der Waals surface area contributed by atoms with E-state index in [0.29, 0.717) is 23.4 Å². The predicted molar refractivity (Wildman–Crippen MR) is 112 cm³/mol. The van der Waals surface area contributed by atoms with Crippen LogP contribution in [0.15, 0.2) is 54.6 Å². The van der Waals surface area contributed by atoms with Crippen LogP contribution in [0.25, 0.3) is 22.2 Å². The molecule has 140 valence electrons. The Morgan fingerprint density at radius 3 is 2.78 bits per heavy atom. The maximum atomic E-state index is 11.1. The molecular weight excluding hydrogens is 356 g/mol. The van der Waals surface area contributed by atoms with Crippen LogP contribution in [0.5, 0.6) is 0 Å². The van der Waals surface area contributed by atoms with E-state index in [4.69, 9.17) is 16.6 Å². The van der Waals surface area contributed by atoms with E-state index in [0.717, 1.165) is 34.3 Å². The van der Waals surface area contributed by atoms with Crippen LogP contribution in [0.4, 0.5) is 0 Å². The van der Waals surface area contributed by atoms with Crippen LogP contribution in [0.3, 0.4) is 0 Å². The summed E-state index contributed by atoms with van der Waals surface area (Å²) in [4.78, 5) is 4.80. The van der Waals surface area contributed by atoms with Crippen LogP contribution in [-0.4, -0.2) is 22.7 Å². The number of benzene rings is 2. The van der Waals surface area contributed by atoms with Crippen molar-refractivity contribution in [3.63, 3.8) is 0 Å². The van der Waals surface area contributed by atoms with Gasteiger partial charge in [-0.15, -0.1) is 0 Å². The standard InChI is InChI=1S/C23H25ClN2O/c1-15-6-5-11-25-20(15)14-23(27)19-13-21(16-7-3-2-4-8-16)26-22-12-17(24)9-10-18(19)22/h2-4,7-10,12-13,15,20,23,25,27H,5-6,11,14H2,1H3. The highest BCUT2D eigenvalue weighted by Crippen LogP contribution is 2.33. The molecule has 1 aliphatic heterocycles. The zero-order chi connectivity index (χ0) is 18.8. The van der Waals surface area contributed by atoms with Crippen LogP contribution < -0.4 is 5.32 Å². The Morgan fingerprint density at radius 1 is 1.19 bits per heavy atom. The fourth-order valence-corrected chi connectivity index (χ4v) is 4.22. The van der Waals surface area contributed by atoms with Gasteiger partial charge in [-0.1, -0.05) is 54.9 Å². The summed E-state index contributed by atoms with van der Waals surface area (Å²) in [5, 5.41) is 16.3. The molecule has 4 heteroatoms. The van der Waals surface area contributed by atoms with Crippen LogP contribution in [0.2, 0.25) is 5.02 Å². The van der Waals surface area contributed by atoms with Crippen molar-refractivity contribution < 1.29 is 5.11 Å². The number of hydrogen-bond acceptors (Lipinski definition) is 3. The highest BCUT2D eigenvalue weighted by Gasteiger charge is 2.25. The molecule has 1 aliphatic rings. The smallest absolute Gasteiger partial charge is 0.0812 e. The maximum absolute atomic E-state index is 11.1. The first-order valence-electron chi connectivity index (χ1n) is 9.69. The number of halogens is 1. The second-order valence-electron chi connectivity index (χ2n) is 7.56. The third-order valence-electron chi connectivity index (χ3n) is 5.64. The van der Waals surface area contributed by atoms with Gasteiger partial charge >= 0.3 is 0 Å². The third kappa shape index (κ3) is 4.01. The Morgan fingerprint density at radius 2 is 2.00 bits per heavy atom. The Hall–Kier alpha value is -1.94. The third-order valence-corrected chi connectivity index (χ3v) is 5.87. The molecule has 0 spiro atoms. The summed E-state index contributed by atoms with van der Waals surface area (Å²) in [5.41, 5.74) is 3.65. The lowest BCUT2D eigenvalue weighted by atomic mass is 9.87. The first kappa shape index (κ1) is 18.4. The van der Waals surface area contributed by atoms with Crippen LogP contribution >= 0.6 is 11.6 Å². The molecule has 3 nitrogen and oxygen atoms in total. The highest BCUT2D eigenvalue weighted by molar-refractivity contribution is 6.31. The SMILES string of the molecule is CC1CCCNC1CC(O)c1cc(-c2ccccc2)nc2cc(Cl)ccc12. The van der Waals surface area contributed by atoms with E-state index in [1.165, 1.54) is 12.8 Å². The Bertz CT molecular complexity index is 928. The monoisotopic (exact) mass is 380 g/mol. The molecule has 3 atom stereocenters. The van der Waals surface area contributed by atoms with Gasteiger partial charge in [0.25, 0.3) is 0 Å². The van der Waals surface area contributed by atoms with Crippen molar-refractivity contribution in [2.24, 2.45) is 5.92 Å². The van der Waals surface area contributed by atoms with Gasteiger partial charge in [0.2, 0.25) is 0 Å². The van der Waals surface area contributed by atoms with Gasteiger partial charge in [-0.25, -0.2) is 4.98 Å². The summed E-state index contributed by atoms with van der Waals surface area (Å²) >= 11 is 6.21. The van der Waals surface area contributed by atoms with Gasteiger partial charge < -0.3 is 10.4 Å². The number of pyridine rings is 1. The van der Waals surface area contributed by atoms with Gasteiger partial charge in [-0.2, -0.15) is 0 Å². The predicted octanol–water partition coefficient (Wildman–Crippen LogP) is 5.37. The first-order valence-corrected chi connectivity index (χ1v) is 10.1. The summed E-state index contributed by atoms with van der Waals surface area (Å²) in [6.45, 7) is 3.30. The van der Waals surface area contributed by atoms with E-state index in [9.17, 15) is 5.11 Å². The number of piperidine rings is 1. The summed E-state index contributed by atoms with van der Waals surface area (Å²) in [5.74, 6) is 0.574. The van der Waals surface area contributed by atoms with Gasteiger partial charge in [0, 0.05) is 22.0 Å². The highest BCUT2D eigenvalue weighted by atomic mass is 35.5. The van der Waals surface area contributed by atoms with Crippen molar-refractivity contribution in [1.82, 2.24) is 10.3 Å². The molecule has 1 saturated heterocycles. The van der Waals surface area contributed by atoms with Crippen molar-refractivity contribution in [3.8, 4) is 11.3 Å². The van der Waals surface area contributed by atoms with E-state index < -0.39 is 6.10 Å². The molecule has 2 N–H and O–H groups in total. The molecule has 0 radical (unpaired) electrons. The molecule has 0 bridgehead atoms. The molecule has 3 unspecified atom stereocenters. The zero-order valence-electron chi connectivity index (χ0n) is 15.5. The van der Waals surface area contributed by atoms with E-state index in [-0.39, 0.29) is 0 Å². The van der Waals surface area contributed by atoms with Crippen LogP contribution in [-0.2, 0) is 0 Å². The molecule has 1 fully saturated rings. The molecule has 1 aromatic heterocycles. The van der Waals surface area contributed by atoms with E-state index in [2.05, 4.69) is 12.2 Å². The fourth-order valence-electron chi connectivity index (χ4n) is 4.06. The Balaban J connectivity index is 1.75. The maximum Gasteiger partial charge on any atom is 0.0812 e. The van der Waals surface area contributed by atoms with E-state index in [1.54, 1.807) is 0 Å². The molecular formula is C23H25ClN2O. The number of hydrogen-bond donors (Lipinski definition) is 2. The summed E-state index contributed by atoms with van der Waals surface area (Å²) in [6.07, 6.45) is 2.59. The minimum Gasteiger partial charge on any atom is -0.388 e. The quantitative estimate of drug-likeness (QED) is 0.639. The second-order valence-corrected chi connectivity index (χ2v) is 7.99. The van der Waals surface area contributed by atoms with Gasteiger partial charge in [0.15, 0.2) is 0 Å². The van der Waals surface area contributed by atoms with Crippen molar-refractivity contribution >= 4 is 22.5 Å². The van der Waals surface area contributed by atoms with Crippen LogP contribution in [0, 0.1) is 5.92 Å².